The van der Waals surface area contributed by atoms with Crippen molar-refractivity contribution in [2.75, 3.05) is 26.0 Å². The highest BCUT2D eigenvalue weighted by Gasteiger charge is 2.14. The first kappa shape index (κ1) is 7.61. The van der Waals surface area contributed by atoms with Gasteiger partial charge in [-0.1, -0.05) is 0 Å². The fraction of sp³-hybridized carbons (Fsp3) is 0.625. The van der Waals surface area contributed by atoms with E-state index < -0.39 is 0 Å². The molecular weight excluding hydrogens is 152 g/mol. The topological polar surface area (TPSA) is 33.1 Å². The van der Waals surface area contributed by atoms with Crippen LogP contribution in [0, 0.1) is 0 Å². The van der Waals surface area contributed by atoms with E-state index in [-0.39, 0.29) is 0 Å². The lowest BCUT2D eigenvalue weighted by Gasteiger charge is -2.22. The maximum Gasteiger partial charge on any atom is 0.148 e. The lowest BCUT2D eigenvalue weighted by Crippen LogP contribution is -2.30. The molecule has 1 aromatic heterocycles. The molecule has 1 aliphatic rings. The van der Waals surface area contributed by atoms with Gasteiger partial charge in [-0.3, -0.25) is 9.58 Å². The Kier molecular flexibility index (Phi) is 1.77. The third-order valence-corrected chi connectivity index (χ3v) is 2.24. The minimum atomic E-state index is 0.973. The van der Waals surface area contributed by atoms with E-state index in [0.29, 0.717) is 0 Å². The Morgan fingerprint density at radius 1 is 1.50 bits per heavy atom. The van der Waals surface area contributed by atoms with Gasteiger partial charge < -0.3 is 5.32 Å². The van der Waals surface area contributed by atoms with Gasteiger partial charge >= 0.3 is 0 Å². The molecule has 2 rings (SSSR count). The van der Waals surface area contributed by atoms with Gasteiger partial charge in [0.1, 0.15) is 5.82 Å². The number of fused-ring (bicyclic) bond motifs is 1. The van der Waals surface area contributed by atoms with E-state index in [2.05, 4.69) is 33.1 Å². The van der Waals surface area contributed by atoms with Crippen molar-refractivity contribution in [3.05, 3.63) is 11.8 Å². The van der Waals surface area contributed by atoms with Crippen LogP contribution in [-0.2, 0) is 13.1 Å². The number of hydrogen-bond donors (Lipinski definition) is 1. The van der Waals surface area contributed by atoms with E-state index in [1.807, 2.05) is 7.05 Å². The number of nitrogens with zero attached hydrogens (tertiary/aromatic N) is 3. The van der Waals surface area contributed by atoms with Gasteiger partial charge in [0.05, 0.1) is 12.2 Å². The fourth-order valence-electron chi connectivity index (χ4n) is 1.52. The summed E-state index contributed by atoms with van der Waals surface area (Å²) < 4.78 is 2.08. The van der Waals surface area contributed by atoms with Crippen LogP contribution in [-0.4, -0.2) is 35.3 Å². The minimum absolute atomic E-state index is 0.973. The number of hydrogen-bond acceptors (Lipinski definition) is 3. The zero-order chi connectivity index (χ0) is 8.55. The normalized spacial score (nSPS) is 17.5. The summed E-state index contributed by atoms with van der Waals surface area (Å²) in [6, 6.07) is 2.11. The second-order valence-corrected chi connectivity index (χ2v) is 3.23. The highest BCUT2D eigenvalue weighted by Crippen LogP contribution is 2.14. The van der Waals surface area contributed by atoms with Crippen molar-refractivity contribution in [3.63, 3.8) is 0 Å². The molecular formula is C8H14N4. The Bertz CT molecular complexity index is 279. The van der Waals surface area contributed by atoms with Crippen molar-refractivity contribution < 1.29 is 0 Å². The van der Waals surface area contributed by atoms with Crippen LogP contribution in [0.25, 0.3) is 0 Å². The van der Waals surface area contributed by atoms with Crippen LogP contribution in [0.2, 0.25) is 0 Å². The molecule has 0 atom stereocenters. The van der Waals surface area contributed by atoms with Gasteiger partial charge in [-0.15, -0.1) is 0 Å². The second-order valence-electron chi connectivity index (χ2n) is 3.23. The molecule has 12 heavy (non-hydrogen) atoms. The smallest absolute Gasteiger partial charge is 0.148 e. The number of aromatic nitrogens is 2. The molecule has 0 spiro atoms. The summed E-state index contributed by atoms with van der Waals surface area (Å²) >= 11 is 0. The van der Waals surface area contributed by atoms with Gasteiger partial charge in [0.25, 0.3) is 0 Å². The first-order valence-corrected chi connectivity index (χ1v) is 4.22. The summed E-state index contributed by atoms with van der Waals surface area (Å²) in [5.41, 5.74) is 1.30. The van der Waals surface area contributed by atoms with Crippen molar-refractivity contribution in [2.24, 2.45) is 0 Å². The van der Waals surface area contributed by atoms with Crippen LogP contribution < -0.4 is 5.32 Å². The van der Waals surface area contributed by atoms with Gasteiger partial charge in [0.2, 0.25) is 0 Å². The molecule has 2 heterocycles. The summed E-state index contributed by atoms with van der Waals surface area (Å²) in [5, 5.41) is 7.43. The molecule has 1 aromatic rings. The van der Waals surface area contributed by atoms with E-state index in [9.17, 15) is 0 Å². The second kappa shape index (κ2) is 2.79. The van der Waals surface area contributed by atoms with Gasteiger partial charge in [-0.25, -0.2) is 0 Å². The summed E-state index contributed by atoms with van der Waals surface area (Å²) in [4.78, 5) is 2.30. The lowest BCUT2D eigenvalue weighted by atomic mass is 10.3. The van der Waals surface area contributed by atoms with Gasteiger partial charge in [-0.2, -0.15) is 5.10 Å². The van der Waals surface area contributed by atoms with Crippen molar-refractivity contribution in [3.8, 4) is 0 Å². The van der Waals surface area contributed by atoms with Crippen LogP contribution in [0.4, 0.5) is 5.82 Å². The largest absolute Gasteiger partial charge is 0.372 e. The first-order chi connectivity index (χ1) is 5.79. The number of rotatable bonds is 1. The van der Waals surface area contributed by atoms with Crippen LogP contribution in [0.5, 0.6) is 0 Å². The number of anilines is 1. The van der Waals surface area contributed by atoms with Crippen LogP contribution in [0.3, 0.4) is 0 Å². The molecule has 1 N–H and O–H groups in total. The lowest BCUT2D eigenvalue weighted by molar-refractivity contribution is 0.259. The number of likely N-dealkylation sites (N-methyl/N-ethyl adjacent to an activating group) is 1. The summed E-state index contributed by atoms with van der Waals surface area (Å²) in [7, 11) is 4.04. The highest BCUT2D eigenvalue weighted by atomic mass is 15.4. The van der Waals surface area contributed by atoms with E-state index >= 15 is 0 Å². The van der Waals surface area contributed by atoms with Crippen molar-refractivity contribution in [1.29, 1.82) is 0 Å². The predicted molar refractivity (Wildman–Crippen MR) is 48.1 cm³/mol. The average Bonchev–Trinajstić information content (AvgIpc) is 2.46. The molecule has 0 radical (unpaired) electrons. The zero-order valence-corrected chi connectivity index (χ0v) is 7.54. The predicted octanol–water partition coefficient (Wildman–Crippen LogP) is 0.370. The standard InChI is InChI=1S/C8H14N4/c1-9-8-5-7-6-11(2)3-4-12(7)10-8/h5H,3-4,6H2,1-2H3,(H,9,10). The summed E-state index contributed by atoms with van der Waals surface area (Å²) in [6.45, 7) is 3.11. The summed E-state index contributed by atoms with van der Waals surface area (Å²) in [5.74, 6) is 0.973. The van der Waals surface area contributed by atoms with Crippen molar-refractivity contribution >= 4 is 5.82 Å². The molecule has 1 aliphatic heterocycles. The van der Waals surface area contributed by atoms with Crippen LogP contribution >= 0.6 is 0 Å². The Hall–Kier alpha value is -1.03. The van der Waals surface area contributed by atoms with Crippen LogP contribution in [0.1, 0.15) is 5.69 Å². The maximum atomic E-state index is 4.38. The zero-order valence-electron chi connectivity index (χ0n) is 7.54. The average molecular weight is 166 g/mol. The van der Waals surface area contributed by atoms with E-state index in [1.54, 1.807) is 0 Å². The Morgan fingerprint density at radius 2 is 2.33 bits per heavy atom. The molecule has 0 unspecified atom stereocenters. The van der Waals surface area contributed by atoms with Gasteiger partial charge in [0.15, 0.2) is 0 Å². The molecule has 4 heteroatoms. The van der Waals surface area contributed by atoms with E-state index in [4.69, 9.17) is 0 Å². The SMILES string of the molecule is CNc1cc2n(n1)CCN(C)C2. The highest BCUT2D eigenvalue weighted by molar-refractivity contribution is 5.35. The summed E-state index contributed by atoms with van der Waals surface area (Å²) in [6.07, 6.45) is 0. The third-order valence-electron chi connectivity index (χ3n) is 2.24. The maximum absolute atomic E-state index is 4.38. The fourth-order valence-corrected chi connectivity index (χ4v) is 1.52. The molecule has 0 amide bonds. The Morgan fingerprint density at radius 3 is 3.08 bits per heavy atom. The quantitative estimate of drug-likeness (QED) is 0.654. The molecule has 0 bridgehead atoms. The third kappa shape index (κ3) is 1.18. The van der Waals surface area contributed by atoms with Crippen LogP contribution in [0.15, 0.2) is 6.07 Å². The molecule has 0 saturated carbocycles. The first-order valence-electron chi connectivity index (χ1n) is 4.22. The molecule has 0 aliphatic carbocycles. The van der Waals surface area contributed by atoms with Gasteiger partial charge in [0, 0.05) is 26.2 Å². The molecule has 4 nitrogen and oxygen atoms in total. The Balaban J connectivity index is 2.28. The van der Waals surface area contributed by atoms with E-state index in [1.165, 1.54) is 5.69 Å². The monoisotopic (exact) mass is 166 g/mol. The minimum Gasteiger partial charge on any atom is -0.372 e. The van der Waals surface area contributed by atoms with Gasteiger partial charge in [-0.05, 0) is 7.05 Å². The number of nitrogens with one attached hydrogen (secondary N) is 1. The van der Waals surface area contributed by atoms with Crippen molar-refractivity contribution in [2.45, 2.75) is 13.1 Å². The molecule has 66 valence electrons. The molecule has 0 aromatic carbocycles. The molecule has 0 fully saturated rings. The molecule has 0 saturated heterocycles. The van der Waals surface area contributed by atoms with E-state index in [0.717, 1.165) is 25.5 Å². The van der Waals surface area contributed by atoms with Crippen molar-refractivity contribution in [1.82, 2.24) is 14.7 Å². The Labute approximate surface area is 72.2 Å².